The van der Waals surface area contributed by atoms with Gasteiger partial charge in [0.05, 0.1) is 11.3 Å². The maximum atomic E-state index is 12.2. The fourth-order valence-corrected chi connectivity index (χ4v) is 3.99. The summed E-state index contributed by atoms with van der Waals surface area (Å²) in [5.41, 5.74) is 8.67. The molecule has 126 valence electrons. The molecule has 0 bridgehead atoms. The zero-order chi connectivity index (χ0) is 16.8. The first-order valence-electron chi connectivity index (χ1n) is 8.68. The zero-order valence-corrected chi connectivity index (χ0v) is 13.8. The standard InChI is InChI=1S/C20H19N3O2/c24-20-15-2-1-3-17-18(15)16(11-25-23-20)19(22-17)13-6-4-12(5-7-13)14-8-9-21-10-14/h1-7,14,21-22H,8-11H2,(H,23,24). The van der Waals surface area contributed by atoms with Crippen LogP contribution in [0.3, 0.4) is 0 Å². The Morgan fingerprint density at radius 3 is 2.76 bits per heavy atom. The number of amides is 1. The van der Waals surface area contributed by atoms with Gasteiger partial charge in [-0.3, -0.25) is 9.63 Å². The average Bonchev–Trinajstić information content (AvgIpc) is 3.26. The van der Waals surface area contributed by atoms with Crippen molar-refractivity contribution < 1.29 is 9.63 Å². The SMILES string of the molecule is O=C1NOCc2c(-c3ccc(C4CCNC4)cc3)[nH]c3cccc1c23. The summed E-state index contributed by atoms with van der Waals surface area (Å²) < 4.78 is 0. The van der Waals surface area contributed by atoms with Crippen molar-refractivity contribution >= 4 is 16.8 Å². The van der Waals surface area contributed by atoms with Gasteiger partial charge in [-0.25, -0.2) is 5.48 Å². The third kappa shape index (κ3) is 2.35. The molecule has 3 aromatic rings. The summed E-state index contributed by atoms with van der Waals surface area (Å²) in [6, 6.07) is 14.5. The van der Waals surface area contributed by atoms with Crippen LogP contribution in [0.5, 0.6) is 0 Å². The van der Waals surface area contributed by atoms with E-state index in [0.717, 1.165) is 40.8 Å². The maximum absolute atomic E-state index is 12.2. The van der Waals surface area contributed by atoms with Gasteiger partial charge in [-0.15, -0.1) is 0 Å². The minimum Gasteiger partial charge on any atom is -0.354 e. The Hall–Kier alpha value is -2.63. The van der Waals surface area contributed by atoms with E-state index in [0.29, 0.717) is 18.1 Å². The summed E-state index contributed by atoms with van der Waals surface area (Å²) in [4.78, 5) is 21.0. The van der Waals surface area contributed by atoms with E-state index in [1.165, 1.54) is 12.0 Å². The van der Waals surface area contributed by atoms with E-state index in [1.807, 2.05) is 18.2 Å². The number of benzene rings is 2. The van der Waals surface area contributed by atoms with Gasteiger partial charge in [0.2, 0.25) is 0 Å². The molecule has 0 spiro atoms. The van der Waals surface area contributed by atoms with Gasteiger partial charge in [0.25, 0.3) is 5.91 Å². The lowest BCUT2D eigenvalue weighted by Gasteiger charge is -2.10. The Labute approximate surface area is 145 Å². The number of hydrogen-bond acceptors (Lipinski definition) is 3. The summed E-state index contributed by atoms with van der Waals surface area (Å²) in [6.45, 7) is 2.51. The summed E-state index contributed by atoms with van der Waals surface area (Å²) in [7, 11) is 0. The van der Waals surface area contributed by atoms with Gasteiger partial charge in [0.15, 0.2) is 0 Å². The summed E-state index contributed by atoms with van der Waals surface area (Å²) in [5.74, 6) is 0.411. The molecule has 5 heteroatoms. The van der Waals surface area contributed by atoms with Gasteiger partial charge >= 0.3 is 0 Å². The first kappa shape index (κ1) is 14.7. The normalized spacial score (nSPS) is 19.8. The van der Waals surface area contributed by atoms with Gasteiger partial charge < -0.3 is 10.3 Å². The van der Waals surface area contributed by atoms with Crippen LogP contribution in [0.15, 0.2) is 42.5 Å². The van der Waals surface area contributed by atoms with Crippen LogP contribution in [0.2, 0.25) is 0 Å². The lowest BCUT2D eigenvalue weighted by atomic mass is 9.96. The second-order valence-corrected chi connectivity index (χ2v) is 6.74. The van der Waals surface area contributed by atoms with E-state index in [2.05, 4.69) is 40.0 Å². The molecule has 2 aliphatic heterocycles. The molecule has 1 atom stereocenters. The number of aromatic amines is 1. The van der Waals surface area contributed by atoms with Crippen LogP contribution < -0.4 is 10.8 Å². The molecule has 5 nitrogen and oxygen atoms in total. The third-order valence-electron chi connectivity index (χ3n) is 5.28. The quantitative estimate of drug-likeness (QED) is 0.675. The van der Waals surface area contributed by atoms with Crippen LogP contribution >= 0.6 is 0 Å². The Morgan fingerprint density at radius 2 is 1.96 bits per heavy atom. The van der Waals surface area contributed by atoms with Crippen molar-refractivity contribution in [1.29, 1.82) is 0 Å². The van der Waals surface area contributed by atoms with Crippen molar-refractivity contribution in [2.75, 3.05) is 13.1 Å². The highest BCUT2D eigenvalue weighted by molar-refractivity contribution is 6.09. The van der Waals surface area contributed by atoms with Gasteiger partial charge in [0, 0.05) is 23.0 Å². The minimum atomic E-state index is -0.195. The Kier molecular flexibility index (Phi) is 3.36. The fraction of sp³-hybridized carbons (Fsp3) is 0.250. The number of hydroxylamine groups is 1. The first-order chi connectivity index (χ1) is 12.3. The smallest absolute Gasteiger partial charge is 0.275 e. The van der Waals surface area contributed by atoms with E-state index < -0.39 is 0 Å². The first-order valence-corrected chi connectivity index (χ1v) is 8.68. The lowest BCUT2D eigenvalue weighted by Crippen LogP contribution is -2.21. The Morgan fingerprint density at radius 1 is 1.08 bits per heavy atom. The highest BCUT2D eigenvalue weighted by atomic mass is 16.6. The average molecular weight is 333 g/mol. The molecule has 1 unspecified atom stereocenters. The Bertz CT molecular complexity index is 953. The molecule has 25 heavy (non-hydrogen) atoms. The molecule has 1 saturated heterocycles. The predicted octanol–water partition coefficient (Wildman–Crippen LogP) is 3.09. The van der Waals surface area contributed by atoms with Crippen LogP contribution in [-0.4, -0.2) is 24.0 Å². The molecule has 1 aromatic heterocycles. The number of carbonyl (C=O) groups excluding carboxylic acids is 1. The number of carbonyl (C=O) groups is 1. The van der Waals surface area contributed by atoms with Crippen LogP contribution in [0, 0.1) is 0 Å². The second-order valence-electron chi connectivity index (χ2n) is 6.74. The third-order valence-corrected chi connectivity index (χ3v) is 5.28. The fourth-order valence-electron chi connectivity index (χ4n) is 3.99. The highest BCUT2D eigenvalue weighted by Gasteiger charge is 2.23. The molecule has 1 amide bonds. The van der Waals surface area contributed by atoms with E-state index in [9.17, 15) is 4.79 Å². The number of rotatable bonds is 2. The molecule has 3 heterocycles. The summed E-state index contributed by atoms with van der Waals surface area (Å²) >= 11 is 0. The largest absolute Gasteiger partial charge is 0.354 e. The molecular formula is C20H19N3O2. The van der Waals surface area contributed by atoms with Crippen LogP contribution in [0.25, 0.3) is 22.2 Å². The van der Waals surface area contributed by atoms with Crippen molar-refractivity contribution in [3.63, 3.8) is 0 Å². The van der Waals surface area contributed by atoms with E-state index in [-0.39, 0.29) is 5.91 Å². The summed E-state index contributed by atoms with van der Waals surface area (Å²) in [6.07, 6.45) is 1.20. The van der Waals surface area contributed by atoms with Gasteiger partial charge in [-0.05, 0) is 42.1 Å². The predicted molar refractivity (Wildman–Crippen MR) is 96.2 cm³/mol. The lowest BCUT2D eigenvalue weighted by molar-refractivity contribution is 0.0256. The van der Waals surface area contributed by atoms with Gasteiger partial charge in [-0.2, -0.15) is 0 Å². The van der Waals surface area contributed by atoms with E-state index in [4.69, 9.17) is 4.84 Å². The van der Waals surface area contributed by atoms with E-state index in [1.54, 1.807) is 0 Å². The molecule has 2 aliphatic rings. The second kappa shape index (κ2) is 5.72. The van der Waals surface area contributed by atoms with Crippen molar-refractivity contribution in [1.82, 2.24) is 15.8 Å². The maximum Gasteiger partial charge on any atom is 0.275 e. The molecule has 0 radical (unpaired) electrons. The van der Waals surface area contributed by atoms with Gasteiger partial charge in [-0.1, -0.05) is 30.3 Å². The van der Waals surface area contributed by atoms with E-state index >= 15 is 0 Å². The zero-order valence-electron chi connectivity index (χ0n) is 13.8. The Balaban J connectivity index is 1.62. The molecule has 0 aliphatic carbocycles. The molecule has 3 N–H and O–H groups in total. The van der Waals surface area contributed by atoms with Crippen LogP contribution in [0.1, 0.15) is 33.8 Å². The molecule has 5 rings (SSSR count). The summed E-state index contributed by atoms with van der Waals surface area (Å²) in [5, 5.41) is 4.37. The van der Waals surface area contributed by atoms with Gasteiger partial charge in [0.1, 0.15) is 6.61 Å². The number of hydrogen-bond donors (Lipinski definition) is 3. The van der Waals surface area contributed by atoms with Crippen molar-refractivity contribution in [2.24, 2.45) is 0 Å². The monoisotopic (exact) mass is 333 g/mol. The van der Waals surface area contributed by atoms with Crippen LogP contribution in [-0.2, 0) is 11.4 Å². The highest BCUT2D eigenvalue weighted by Crippen LogP contribution is 2.35. The molecule has 0 saturated carbocycles. The number of nitrogens with one attached hydrogen (secondary N) is 3. The number of H-pyrrole nitrogens is 1. The van der Waals surface area contributed by atoms with Crippen LogP contribution in [0.4, 0.5) is 0 Å². The van der Waals surface area contributed by atoms with Crippen molar-refractivity contribution in [3.8, 4) is 11.3 Å². The number of aromatic nitrogens is 1. The van der Waals surface area contributed by atoms with Crippen molar-refractivity contribution in [2.45, 2.75) is 18.9 Å². The molecule has 2 aromatic carbocycles. The topological polar surface area (TPSA) is 66.2 Å². The molecular weight excluding hydrogens is 314 g/mol. The minimum absolute atomic E-state index is 0.195. The van der Waals surface area contributed by atoms with Crippen molar-refractivity contribution in [3.05, 3.63) is 59.2 Å². The molecule has 1 fully saturated rings.